The molecule has 0 saturated carbocycles. The van der Waals surface area contributed by atoms with Crippen molar-refractivity contribution in [3.05, 3.63) is 47.0 Å². The molecule has 2 heterocycles. The highest BCUT2D eigenvalue weighted by Gasteiger charge is 2.30. The quantitative estimate of drug-likeness (QED) is 0.878. The van der Waals surface area contributed by atoms with Crippen LogP contribution in [0.2, 0.25) is 0 Å². The van der Waals surface area contributed by atoms with Gasteiger partial charge in [0.15, 0.2) is 5.69 Å². The molecule has 0 amide bonds. The summed E-state index contributed by atoms with van der Waals surface area (Å²) in [6.07, 6.45) is 7.21. The Balaban J connectivity index is 2.01. The van der Waals surface area contributed by atoms with Crippen LogP contribution in [0.25, 0.3) is 0 Å². The van der Waals surface area contributed by atoms with Crippen molar-refractivity contribution in [2.45, 2.75) is 38.1 Å². The van der Waals surface area contributed by atoms with Crippen LogP contribution in [0.15, 0.2) is 24.5 Å². The van der Waals surface area contributed by atoms with Crippen LogP contribution in [0.3, 0.4) is 0 Å². The van der Waals surface area contributed by atoms with Gasteiger partial charge in [0.2, 0.25) is 0 Å². The second-order valence-electron chi connectivity index (χ2n) is 5.69. The smallest absolute Gasteiger partial charge is 0.356 e. The fraction of sp³-hybridized carbons (Fsp3) is 0.438. The number of aromatic nitrogens is 3. The Morgan fingerprint density at radius 1 is 1.41 bits per heavy atom. The molecule has 3 N–H and O–H groups in total. The average molecular weight is 300 g/mol. The lowest BCUT2D eigenvalue weighted by atomic mass is 9.83. The molecule has 1 atom stereocenters. The molecule has 0 saturated heterocycles. The first-order chi connectivity index (χ1) is 10.7. The monoisotopic (exact) mass is 300 g/mol. The van der Waals surface area contributed by atoms with E-state index in [4.69, 9.17) is 5.73 Å². The van der Waals surface area contributed by atoms with Gasteiger partial charge in [-0.2, -0.15) is 5.10 Å². The van der Waals surface area contributed by atoms with Crippen molar-refractivity contribution in [1.29, 1.82) is 0 Å². The average Bonchev–Trinajstić information content (AvgIpc) is 2.89. The molecule has 0 aliphatic heterocycles. The third-order valence-corrected chi connectivity index (χ3v) is 4.27. The molecule has 0 spiro atoms. The molecule has 1 aliphatic rings. The first kappa shape index (κ1) is 14.7. The fourth-order valence-electron chi connectivity index (χ4n) is 3.30. The van der Waals surface area contributed by atoms with Crippen LogP contribution in [-0.2, 0) is 13.0 Å². The van der Waals surface area contributed by atoms with Gasteiger partial charge < -0.3 is 10.8 Å². The number of carboxylic acid groups (broad SMARTS) is 1. The first-order valence-electron chi connectivity index (χ1n) is 7.62. The highest BCUT2D eigenvalue weighted by Crippen LogP contribution is 2.36. The van der Waals surface area contributed by atoms with Gasteiger partial charge in [-0.3, -0.25) is 9.67 Å². The molecule has 116 valence electrons. The Kier molecular flexibility index (Phi) is 4.20. The maximum atomic E-state index is 11.6. The second kappa shape index (κ2) is 6.27. The minimum absolute atomic E-state index is 0.196. The fourth-order valence-corrected chi connectivity index (χ4v) is 3.30. The molecule has 6 nitrogen and oxygen atoms in total. The number of nitrogens with zero attached hydrogens (tertiary/aromatic N) is 3. The molecule has 0 aromatic carbocycles. The standard InChI is InChI=1S/C16H20N4O2/c17-7-4-12-2-1-3-13-14(12)15(16(21)22)19-20(13)10-11-5-8-18-9-6-11/h5-6,8-9,12H,1-4,7,10,17H2,(H,21,22). The zero-order valence-corrected chi connectivity index (χ0v) is 12.4. The number of aromatic carboxylic acids is 1. The van der Waals surface area contributed by atoms with Crippen LogP contribution < -0.4 is 5.73 Å². The molecule has 3 rings (SSSR count). The third kappa shape index (κ3) is 2.74. The maximum absolute atomic E-state index is 11.6. The van der Waals surface area contributed by atoms with E-state index in [0.717, 1.165) is 42.5 Å². The summed E-state index contributed by atoms with van der Waals surface area (Å²) in [7, 11) is 0. The van der Waals surface area contributed by atoms with Crippen LogP contribution in [-0.4, -0.2) is 32.4 Å². The Labute approximate surface area is 129 Å². The summed E-state index contributed by atoms with van der Waals surface area (Å²) < 4.78 is 1.84. The van der Waals surface area contributed by atoms with Crippen LogP contribution in [0.1, 0.15) is 52.5 Å². The van der Waals surface area contributed by atoms with E-state index in [1.54, 1.807) is 12.4 Å². The van der Waals surface area contributed by atoms with Gasteiger partial charge in [-0.1, -0.05) is 0 Å². The minimum atomic E-state index is -0.950. The van der Waals surface area contributed by atoms with E-state index < -0.39 is 5.97 Å². The van der Waals surface area contributed by atoms with E-state index in [-0.39, 0.29) is 11.6 Å². The number of carboxylic acids is 1. The lowest BCUT2D eigenvalue weighted by Gasteiger charge is -2.23. The number of fused-ring (bicyclic) bond motifs is 1. The van der Waals surface area contributed by atoms with Crippen molar-refractivity contribution in [3.8, 4) is 0 Å². The number of rotatable bonds is 5. The van der Waals surface area contributed by atoms with Gasteiger partial charge in [-0.25, -0.2) is 4.79 Å². The summed E-state index contributed by atoms with van der Waals surface area (Å²) in [5.41, 5.74) is 8.91. The van der Waals surface area contributed by atoms with E-state index in [1.807, 2.05) is 16.8 Å². The highest BCUT2D eigenvalue weighted by molar-refractivity contribution is 5.87. The molecule has 2 aromatic rings. The Hall–Kier alpha value is -2.21. The minimum Gasteiger partial charge on any atom is -0.476 e. The van der Waals surface area contributed by atoms with Crippen molar-refractivity contribution in [1.82, 2.24) is 14.8 Å². The molecule has 2 aromatic heterocycles. The zero-order valence-electron chi connectivity index (χ0n) is 12.4. The molecular formula is C16H20N4O2. The maximum Gasteiger partial charge on any atom is 0.356 e. The topological polar surface area (TPSA) is 94.0 Å². The number of carbonyl (C=O) groups is 1. The van der Waals surface area contributed by atoms with Gasteiger partial charge in [-0.15, -0.1) is 0 Å². The summed E-state index contributed by atoms with van der Waals surface area (Å²) >= 11 is 0. The first-order valence-corrected chi connectivity index (χ1v) is 7.62. The summed E-state index contributed by atoms with van der Waals surface area (Å²) in [6, 6.07) is 3.85. The van der Waals surface area contributed by atoms with E-state index in [1.165, 1.54) is 0 Å². The van der Waals surface area contributed by atoms with Crippen molar-refractivity contribution in [2.75, 3.05) is 6.54 Å². The molecule has 1 aliphatic carbocycles. The molecule has 0 bridgehead atoms. The second-order valence-corrected chi connectivity index (χ2v) is 5.69. The van der Waals surface area contributed by atoms with Crippen molar-refractivity contribution < 1.29 is 9.90 Å². The van der Waals surface area contributed by atoms with Crippen LogP contribution in [0.4, 0.5) is 0 Å². The van der Waals surface area contributed by atoms with Crippen LogP contribution >= 0.6 is 0 Å². The SMILES string of the molecule is NCCC1CCCc2c1c(C(=O)O)nn2Cc1ccncc1. The molecule has 1 unspecified atom stereocenters. The highest BCUT2D eigenvalue weighted by atomic mass is 16.4. The summed E-state index contributed by atoms with van der Waals surface area (Å²) in [6.45, 7) is 1.15. The summed E-state index contributed by atoms with van der Waals surface area (Å²) in [5.74, 6) is -0.736. The van der Waals surface area contributed by atoms with E-state index in [2.05, 4.69) is 10.1 Å². The van der Waals surface area contributed by atoms with Crippen LogP contribution in [0, 0.1) is 0 Å². The summed E-state index contributed by atoms with van der Waals surface area (Å²) in [4.78, 5) is 15.6. The largest absolute Gasteiger partial charge is 0.476 e. The Morgan fingerprint density at radius 3 is 2.86 bits per heavy atom. The van der Waals surface area contributed by atoms with Gasteiger partial charge in [0.1, 0.15) is 0 Å². The van der Waals surface area contributed by atoms with Crippen molar-refractivity contribution in [2.24, 2.45) is 5.73 Å². The van der Waals surface area contributed by atoms with Crippen molar-refractivity contribution >= 4 is 5.97 Å². The number of pyridine rings is 1. The normalized spacial score (nSPS) is 17.2. The van der Waals surface area contributed by atoms with Gasteiger partial charge in [0.25, 0.3) is 0 Å². The molecular weight excluding hydrogens is 280 g/mol. The predicted molar refractivity (Wildman–Crippen MR) is 81.9 cm³/mol. The predicted octanol–water partition coefficient (Wildman–Crippen LogP) is 1.79. The molecule has 0 fully saturated rings. The third-order valence-electron chi connectivity index (χ3n) is 4.27. The summed E-state index contributed by atoms with van der Waals surface area (Å²) in [5, 5.41) is 13.9. The van der Waals surface area contributed by atoms with Gasteiger partial charge in [0.05, 0.1) is 6.54 Å². The molecule has 22 heavy (non-hydrogen) atoms. The van der Waals surface area contributed by atoms with E-state index in [9.17, 15) is 9.90 Å². The van der Waals surface area contributed by atoms with Gasteiger partial charge in [0, 0.05) is 23.7 Å². The van der Waals surface area contributed by atoms with Crippen LogP contribution in [0.5, 0.6) is 0 Å². The number of nitrogens with two attached hydrogens (primary N) is 1. The van der Waals surface area contributed by atoms with E-state index in [0.29, 0.717) is 13.1 Å². The Bertz CT molecular complexity index is 666. The van der Waals surface area contributed by atoms with Gasteiger partial charge in [-0.05, 0) is 55.8 Å². The zero-order chi connectivity index (χ0) is 15.5. The Morgan fingerprint density at radius 2 is 2.18 bits per heavy atom. The number of hydrogen-bond acceptors (Lipinski definition) is 4. The molecule has 6 heteroatoms. The van der Waals surface area contributed by atoms with Crippen molar-refractivity contribution in [3.63, 3.8) is 0 Å². The lowest BCUT2D eigenvalue weighted by molar-refractivity contribution is 0.0687. The lowest BCUT2D eigenvalue weighted by Crippen LogP contribution is -2.17. The van der Waals surface area contributed by atoms with Gasteiger partial charge >= 0.3 is 5.97 Å². The molecule has 0 radical (unpaired) electrons. The van der Waals surface area contributed by atoms with E-state index >= 15 is 0 Å². The number of hydrogen-bond donors (Lipinski definition) is 2.